The topological polar surface area (TPSA) is 93.1 Å². The van der Waals surface area contributed by atoms with Gasteiger partial charge in [0, 0.05) is 32.7 Å². The molecule has 1 saturated carbocycles. The van der Waals surface area contributed by atoms with Gasteiger partial charge in [-0.3, -0.25) is 4.90 Å². The first kappa shape index (κ1) is 14.1. The van der Waals surface area contributed by atoms with Crippen LogP contribution in [0.25, 0.3) is 0 Å². The van der Waals surface area contributed by atoms with Crippen LogP contribution < -0.4 is 5.32 Å². The molecule has 2 amide bonds. The number of nitrogens with one attached hydrogen (secondary N) is 1. The minimum Gasteiger partial charge on any atom is -0.480 e. The van der Waals surface area contributed by atoms with Gasteiger partial charge in [0.1, 0.15) is 0 Å². The van der Waals surface area contributed by atoms with Crippen molar-refractivity contribution in [3.63, 3.8) is 0 Å². The van der Waals surface area contributed by atoms with Crippen LogP contribution in [0, 0.1) is 5.92 Å². The normalized spacial score (nSPS) is 22.1. The van der Waals surface area contributed by atoms with E-state index < -0.39 is 24.6 Å². The zero-order valence-electron chi connectivity index (χ0n) is 10.9. The highest BCUT2D eigenvalue weighted by Gasteiger charge is 2.28. The Morgan fingerprint density at radius 2 is 1.84 bits per heavy atom. The highest BCUT2D eigenvalue weighted by Crippen LogP contribution is 2.29. The van der Waals surface area contributed by atoms with Crippen molar-refractivity contribution in [2.24, 2.45) is 5.92 Å². The zero-order valence-corrected chi connectivity index (χ0v) is 10.9. The van der Waals surface area contributed by atoms with Gasteiger partial charge in [0.15, 0.2) is 6.04 Å². The van der Waals surface area contributed by atoms with E-state index in [2.05, 4.69) is 10.2 Å². The molecule has 3 N–H and O–H groups in total. The fourth-order valence-electron chi connectivity index (χ4n) is 2.22. The summed E-state index contributed by atoms with van der Waals surface area (Å²) in [4.78, 5) is 26.5. The number of carbonyl (C=O) groups excluding carboxylic acids is 1. The molecule has 0 aromatic rings. The predicted molar refractivity (Wildman–Crippen MR) is 67.8 cm³/mol. The van der Waals surface area contributed by atoms with Crippen LogP contribution in [0.2, 0.25) is 0 Å². The van der Waals surface area contributed by atoms with E-state index in [-0.39, 0.29) is 0 Å². The van der Waals surface area contributed by atoms with Crippen molar-refractivity contribution >= 4 is 12.0 Å². The number of rotatable bonds is 5. The van der Waals surface area contributed by atoms with E-state index >= 15 is 0 Å². The van der Waals surface area contributed by atoms with Gasteiger partial charge in [-0.15, -0.1) is 0 Å². The summed E-state index contributed by atoms with van der Waals surface area (Å²) in [5, 5.41) is 20.0. The van der Waals surface area contributed by atoms with Crippen molar-refractivity contribution in [2.45, 2.75) is 18.9 Å². The second-order valence-corrected chi connectivity index (χ2v) is 5.25. The van der Waals surface area contributed by atoms with E-state index in [0.717, 1.165) is 25.6 Å². The van der Waals surface area contributed by atoms with E-state index in [4.69, 9.17) is 10.2 Å². The molecule has 0 unspecified atom stereocenters. The number of piperazine rings is 1. The van der Waals surface area contributed by atoms with Gasteiger partial charge in [-0.25, -0.2) is 9.59 Å². The van der Waals surface area contributed by atoms with Crippen molar-refractivity contribution < 1.29 is 19.8 Å². The Bertz CT molecular complexity index is 338. The van der Waals surface area contributed by atoms with Crippen LogP contribution >= 0.6 is 0 Å². The summed E-state index contributed by atoms with van der Waals surface area (Å²) in [5.41, 5.74) is 0. The molecule has 0 spiro atoms. The van der Waals surface area contributed by atoms with Crippen LogP contribution in [0.5, 0.6) is 0 Å². The first-order chi connectivity index (χ1) is 9.10. The number of hydrogen-bond donors (Lipinski definition) is 3. The van der Waals surface area contributed by atoms with E-state index in [0.29, 0.717) is 13.1 Å². The van der Waals surface area contributed by atoms with E-state index in [1.165, 1.54) is 12.8 Å². The maximum absolute atomic E-state index is 11.8. The highest BCUT2D eigenvalue weighted by molar-refractivity contribution is 5.82. The largest absolute Gasteiger partial charge is 0.480 e. The van der Waals surface area contributed by atoms with Crippen molar-refractivity contribution in [1.29, 1.82) is 0 Å². The maximum atomic E-state index is 11.8. The molecular formula is C12H21N3O4. The highest BCUT2D eigenvalue weighted by atomic mass is 16.4. The minimum atomic E-state index is -1.23. The number of nitrogens with zero attached hydrogens (tertiary/aromatic N) is 2. The lowest BCUT2D eigenvalue weighted by Gasteiger charge is -2.35. The van der Waals surface area contributed by atoms with Gasteiger partial charge in [0.05, 0.1) is 6.61 Å². The van der Waals surface area contributed by atoms with Crippen molar-refractivity contribution in [3.8, 4) is 0 Å². The molecule has 108 valence electrons. The molecule has 7 heteroatoms. The zero-order chi connectivity index (χ0) is 13.8. The van der Waals surface area contributed by atoms with Gasteiger partial charge in [-0.05, 0) is 18.8 Å². The Hall–Kier alpha value is -1.34. The number of aliphatic carboxylic acids is 1. The van der Waals surface area contributed by atoms with Crippen LogP contribution in [0.3, 0.4) is 0 Å². The number of carbonyl (C=O) groups is 2. The second-order valence-electron chi connectivity index (χ2n) is 5.25. The van der Waals surface area contributed by atoms with Gasteiger partial charge in [0.25, 0.3) is 0 Å². The summed E-state index contributed by atoms with van der Waals surface area (Å²) in [6, 6.07) is -1.63. The minimum absolute atomic E-state index is 0.410. The molecule has 1 aliphatic heterocycles. The number of aliphatic hydroxyl groups is 1. The van der Waals surface area contributed by atoms with E-state index in [1.807, 2.05) is 0 Å². The molecule has 0 aromatic carbocycles. The molecule has 1 atom stereocenters. The number of urea groups is 1. The summed E-state index contributed by atoms with van der Waals surface area (Å²) in [6.45, 7) is 3.40. The quantitative estimate of drug-likeness (QED) is 0.607. The first-order valence-electron chi connectivity index (χ1n) is 6.71. The molecule has 0 aromatic heterocycles. The van der Waals surface area contributed by atoms with Crippen LogP contribution in [-0.2, 0) is 4.79 Å². The van der Waals surface area contributed by atoms with Crippen LogP contribution in [0.1, 0.15) is 12.8 Å². The Morgan fingerprint density at radius 3 is 2.32 bits per heavy atom. The summed E-state index contributed by atoms with van der Waals surface area (Å²) in [7, 11) is 0. The van der Waals surface area contributed by atoms with Gasteiger partial charge in [-0.1, -0.05) is 0 Å². The molecule has 2 fully saturated rings. The summed E-state index contributed by atoms with van der Waals surface area (Å²) in [5.74, 6) is -0.380. The van der Waals surface area contributed by atoms with E-state index in [1.54, 1.807) is 4.90 Å². The lowest BCUT2D eigenvalue weighted by molar-refractivity contribution is -0.140. The third-order valence-corrected chi connectivity index (χ3v) is 3.65. The molecule has 19 heavy (non-hydrogen) atoms. The van der Waals surface area contributed by atoms with Gasteiger partial charge < -0.3 is 20.4 Å². The predicted octanol–water partition coefficient (Wildman–Crippen LogP) is -0.831. The van der Waals surface area contributed by atoms with Gasteiger partial charge in [-0.2, -0.15) is 0 Å². The Kier molecular flexibility index (Phi) is 4.60. The number of amides is 2. The lowest BCUT2D eigenvalue weighted by Crippen LogP contribution is -2.55. The molecule has 2 rings (SSSR count). The number of carboxylic acid groups (broad SMARTS) is 1. The average molecular weight is 271 g/mol. The van der Waals surface area contributed by atoms with Crippen molar-refractivity contribution in [3.05, 3.63) is 0 Å². The third kappa shape index (κ3) is 4.07. The monoisotopic (exact) mass is 271 g/mol. The Labute approximate surface area is 112 Å². The number of carboxylic acids is 1. The molecule has 1 aliphatic carbocycles. The Balaban J connectivity index is 1.73. The summed E-state index contributed by atoms with van der Waals surface area (Å²) >= 11 is 0. The fourth-order valence-corrected chi connectivity index (χ4v) is 2.22. The SMILES string of the molecule is O=C(O)[C@@H](CO)NC(=O)N1CCN(CC2CC2)CC1. The van der Waals surface area contributed by atoms with Crippen LogP contribution in [-0.4, -0.2) is 77.4 Å². The number of hydrogen-bond acceptors (Lipinski definition) is 4. The molecule has 1 heterocycles. The van der Waals surface area contributed by atoms with E-state index in [9.17, 15) is 9.59 Å². The third-order valence-electron chi connectivity index (χ3n) is 3.65. The fraction of sp³-hybridized carbons (Fsp3) is 0.833. The molecule has 2 aliphatic rings. The van der Waals surface area contributed by atoms with Crippen molar-refractivity contribution in [1.82, 2.24) is 15.1 Å². The van der Waals surface area contributed by atoms with Gasteiger partial charge >= 0.3 is 12.0 Å². The van der Waals surface area contributed by atoms with Crippen LogP contribution in [0.15, 0.2) is 0 Å². The lowest BCUT2D eigenvalue weighted by atomic mass is 10.3. The summed E-state index contributed by atoms with van der Waals surface area (Å²) in [6.07, 6.45) is 2.63. The molecular weight excluding hydrogens is 250 g/mol. The standard InChI is InChI=1S/C12H21N3O4/c16-8-10(11(17)18)13-12(19)15-5-3-14(4-6-15)7-9-1-2-9/h9-10,16H,1-8H2,(H,13,19)(H,17,18)/t10-/m1/s1. The van der Waals surface area contributed by atoms with Gasteiger partial charge in [0.2, 0.25) is 0 Å². The molecule has 0 radical (unpaired) electrons. The van der Waals surface area contributed by atoms with Crippen LogP contribution in [0.4, 0.5) is 4.79 Å². The smallest absolute Gasteiger partial charge is 0.328 e. The Morgan fingerprint density at radius 1 is 1.21 bits per heavy atom. The average Bonchev–Trinajstić information content (AvgIpc) is 3.20. The number of aliphatic hydroxyl groups excluding tert-OH is 1. The summed E-state index contributed by atoms with van der Waals surface area (Å²) < 4.78 is 0. The molecule has 0 bridgehead atoms. The second kappa shape index (κ2) is 6.21. The van der Waals surface area contributed by atoms with Crippen molar-refractivity contribution in [2.75, 3.05) is 39.3 Å². The first-order valence-corrected chi connectivity index (χ1v) is 6.71. The molecule has 7 nitrogen and oxygen atoms in total. The molecule has 1 saturated heterocycles. The maximum Gasteiger partial charge on any atom is 0.328 e.